The number of rotatable bonds is 4. The highest BCUT2D eigenvalue weighted by molar-refractivity contribution is 5.81. The molecule has 76 valence electrons. The van der Waals surface area contributed by atoms with E-state index in [0.29, 0.717) is 0 Å². The molecule has 13 heavy (non-hydrogen) atoms. The van der Waals surface area contributed by atoms with Gasteiger partial charge in [-0.05, 0) is 19.3 Å². The van der Waals surface area contributed by atoms with Gasteiger partial charge in [-0.1, -0.05) is 13.3 Å². The highest BCUT2D eigenvalue weighted by atomic mass is 16.5. The maximum absolute atomic E-state index is 11.8. The van der Waals surface area contributed by atoms with Gasteiger partial charge in [-0.15, -0.1) is 0 Å². The van der Waals surface area contributed by atoms with Gasteiger partial charge >= 0.3 is 0 Å². The summed E-state index contributed by atoms with van der Waals surface area (Å²) in [6.07, 6.45) is 3.93. The van der Waals surface area contributed by atoms with Crippen LogP contribution in [0.2, 0.25) is 0 Å². The van der Waals surface area contributed by atoms with E-state index < -0.39 is 0 Å². The molecular formula is C10H19NO2. The zero-order valence-electron chi connectivity index (χ0n) is 8.58. The first-order valence-electron chi connectivity index (χ1n) is 5.11. The lowest BCUT2D eigenvalue weighted by Gasteiger charge is -2.21. The number of likely N-dealkylation sites (tertiary alicyclic amines) is 1. The van der Waals surface area contributed by atoms with Gasteiger partial charge in [0.15, 0.2) is 0 Å². The molecule has 1 fully saturated rings. The number of carbonyl (C=O) groups excluding carboxylic acids is 1. The molecular weight excluding hydrogens is 166 g/mol. The predicted octanol–water partition coefficient (Wildman–Crippen LogP) is 1.42. The summed E-state index contributed by atoms with van der Waals surface area (Å²) in [5.74, 6) is 0.182. The Bertz CT molecular complexity index is 164. The van der Waals surface area contributed by atoms with Gasteiger partial charge in [0, 0.05) is 20.2 Å². The summed E-state index contributed by atoms with van der Waals surface area (Å²) < 4.78 is 5.17. The van der Waals surface area contributed by atoms with Crippen LogP contribution in [0.5, 0.6) is 0 Å². The number of amides is 1. The van der Waals surface area contributed by atoms with Gasteiger partial charge in [-0.3, -0.25) is 4.79 Å². The summed E-state index contributed by atoms with van der Waals surface area (Å²) in [4.78, 5) is 13.7. The van der Waals surface area contributed by atoms with Crippen LogP contribution in [-0.4, -0.2) is 37.1 Å². The second kappa shape index (κ2) is 5.22. The van der Waals surface area contributed by atoms with Crippen LogP contribution in [0.4, 0.5) is 0 Å². The minimum absolute atomic E-state index is 0.182. The first-order chi connectivity index (χ1) is 6.29. The largest absolute Gasteiger partial charge is 0.372 e. The zero-order valence-corrected chi connectivity index (χ0v) is 8.58. The van der Waals surface area contributed by atoms with E-state index >= 15 is 0 Å². The average Bonchev–Trinajstić information content (AvgIpc) is 2.65. The lowest BCUT2D eigenvalue weighted by atomic mass is 10.2. The Hall–Kier alpha value is -0.570. The first-order valence-corrected chi connectivity index (χ1v) is 5.11. The normalized spacial score (nSPS) is 19.1. The number of methoxy groups -OCH3 is 1. The topological polar surface area (TPSA) is 29.5 Å². The maximum atomic E-state index is 11.8. The molecule has 0 aromatic rings. The summed E-state index contributed by atoms with van der Waals surface area (Å²) in [6.45, 7) is 3.91. The van der Waals surface area contributed by atoms with Crippen LogP contribution in [0.25, 0.3) is 0 Å². The molecule has 0 aromatic heterocycles. The second-order valence-electron chi connectivity index (χ2n) is 3.55. The predicted molar refractivity (Wildman–Crippen MR) is 51.5 cm³/mol. The van der Waals surface area contributed by atoms with E-state index in [1.807, 2.05) is 4.90 Å². The molecule has 0 aromatic carbocycles. The van der Waals surface area contributed by atoms with Gasteiger partial charge in [0.1, 0.15) is 6.10 Å². The molecule has 1 rings (SSSR count). The Labute approximate surface area is 80.1 Å². The van der Waals surface area contributed by atoms with Gasteiger partial charge in [-0.25, -0.2) is 0 Å². The smallest absolute Gasteiger partial charge is 0.251 e. The molecule has 3 heteroatoms. The number of ether oxygens (including phenoxy) is 1. The Balaban J connectivity index is 2.42. The van der Waals surface area contributed by atoms with Crippen molar-refractivity contribution in [2.45, 2.75) is 38.7 Å². The molecule has 0 N–H and O–H groups in total. The van der Waals surface area contributed by atoms with Crippen LogP contribution in [-0.2, 0) is 9.53 Å². The molecule has 3 nitrogen and oxygen atoms in total. The van der Waals surface area contributed by atoms with Gasteiger partial charge in [0.25, 0.3) is 5.91 Å². The van der Waals surface area contributed by atoms with Gasteiger partial charge in [-0.2, -0.15) is 0 Å². The molecule has 1 aliphatic heterocycles. The van der Waals surface area contributed by atoms with Crippen molar-refractivity contribution >= 4 is 5.91 Å². The molecule has 1 aliphatic rings. The molecule has 1 unspecified atom stereocenters. The zero-order chi connectivity index (χ0) is 9.68. The highest BCUT2D eigenvalue weighted by Crippen LogP contribution is 2.12. The van der Waals surface area contributed by atoms with Crippen LogP contribution < -0.4 is 0 Å². The summed E-state index contributed by atoms with van der Waals surface area (Å²) in [5.41, 5.74) is 0. The Morgan fingerprint density at radius 3 is 2.54 bits per heavy atom. The number of hydrogen-bond donors (Lipinski definition) is 0. The molecule has 0 aliphatic carbocycles. The lowest BCUT2D eigenvalue weighted by Crippen LogP contribution is -2.38. The minimum Gasteiger partial charge on any atom is -0.372 e. The van der Waals surface area contributed by atoms with Crippen LogP contribution in [0.1, 0.15) is 32.6 Å². The summed E-state index contributed by atoms with van der Waals surface area (Å²) in [6, 6.07) is 0. The van der Waals surface area contributed by atoms with Crippen LogP contribution >= 0.6 is 0 Å². The standard InChI is InChI=1S/C10H19NO2/c1-3-6-9(13-2)10(12)11-7-4-5-8-11/h9H,3-8H2,1-2H3. The fourth-order valence-electron chi connectivity index (χ4n) is 1.75. The molecule has 0 radical (unpaired) electrons. The van der Waals surface area contributed by atoms with Gasteiger partial charge in [0.2, 0.25) is 0 Å². The molecule has 1 amide bonds. The summed E-state index contributed by atoms with van der Waals surface area (Å²) in [7, 11) is 1.62. The van der Waals surface area contributed by atoms with Crippen molar-refractivity contribution in [3.05, 3.63) is 0 Å². The summed E-state index contributed by atoms with van der Waals surface area (Å²) in [5, 5.41) is 0. The van der Waals surface area contributed by atoms with E-state index in [2.05, 4.69) is 6.92 Å². The van der Waals surface area contributed by atoms with Crippen LogP contribution in [0, 0.1) is 0 Å². The highest BCUT2D eigenvalue weighted by Gasteiger charge is 2.25. The third-order valence-corrected chi connectivity index (χ3v) is 2.53. The molecule has 0 bridgehead atoms. The van der Waals surface area contributed by atoms with Crippen molar-refractivity contribution in [1.82, 2.24) is 4.90 Å². The molecule has 0 spiro atoms. The third-order valence-electron chi connectivity index (χ3n) is 2.53. The minimum atomic E-state index is -0.205. The number of carbonyl (C=O) groups is 1. The van der Waals surface area contributed by atoms with Crippen molar-refractivity contribution in [1.29, 1.82) is 0 Å². The fourth-order valence-corrected chi connectivity index (χ4v) is 1.75. The first kappa shape index (κ1) is 10.5. The van der Waals surface area contributed by atoms with Crippen LogP contribution in [0.15, 0.2) is 0 Å². The molecule has 1 heterocycles. The molecule has 0 saturated carbocycles. The summed E-state index contributed by atoms with van der Waals surface area (Å²) >= 11 is 0. The Morgan fingerprint density at radius 1 is 1.46 bits per heavy atom. The SMILES string of the molecule is CCCC(OC)C(=O)N1CCCC1. The number of nitrogens with zero attached hydrogens (tertiary/aromatic N) is 1. The van der Waals surface area contributed by atoms with Crippen molar-refractivity contribution in [2.75, 3.05) is 20.2 Å². The second-order valence-corrected chi connectivity index (χ2v) is 3.55. The van der Waals surface area contributed by atoms with E-state index in [9.17, 15) is 4.79 Å². The van der Waals surface area contributed by atoms with Crippen molar-refractivity contribution in [3.63, 3.8) is 0 Å². The lowest BCUT2D eigenvalue weighted by molar-refractivity contribution is -0.141. The molecule has 1 atom stereocenters. The number of hydrogen-bond acceptors (Lipinski definition) is 2. The van der Waals surface area contributed by atoms with E-state index in [0.717, 1.165) is 38.8 Å². The Morgan fingerprint density at radius 2 is 2.08 bits per heavy atom. The fraction of sp³-hybridized carbons (Fsp3) is 0.900. The van der Waals surface area contributed by atoms with E-state index in [1.165, 1.54) is 0 Å². The van der Waals surface area contributed by atoms with E-state index in [1.54, 1.807) is 7.11 Å². The maximum Gasteiger partial charge on any atom is 0.251 e. The third kappa shape index (κ3) is 2.69. The van der Waals surface area contributed by atoms with E-state index in [4.69, 9.17) is 4.74 Å². The van der Waals surface area contributed by atoms with E-state index in [-0.39, 0.29) is 12.0 Å². The quantitative estimate of drug-likeness (QED) is 0.663. The molecule has 1 saturated heterocycles. The average molecular weight is 185 g/mol. The Kier molecular flexibility index (Phi) is 4.22. The van der Waals surface area contributed by atoms with Gasteiger partial charge < -0.3 is 9.64 Å². The monoisotopic (exact) mass is 185 g/mol. The van der Waals surface area contributed by atoms with Crippen molar-refractivity contribution in [3.8, 4) is 0 Å². The van der Waals surface area contributed by atoms with Crippen molar-refractivity contribution < 1.29 is 9.53 Å². The van der Waals surface area contributed by atoms with Gasteiger partial charge in [0.05, 0.1) is 0 Å². The van der Waals surface area contributed by atoms with Crippen molar-refractivity contribution in [2.24, 2.45) is 0 Å². The van der Waals surface area contributed by atoms with Crippen LogP contribution in [0.3, 0.4) is 0 Å².